The van der Waals surface area contributed by atoms with E-state index < -0.39 is 0 Å². The highest BCUT2D eigenvalue weighted by Crippen LogP contribution is 2.34. The molecule has 0 saturated carbocycles. The fourth-order valence-electron chi connectivity index (χ4n) is 7.73. The average Bonchev–Trinajstić information content (AvgIpc) is 3.61. The monoisotopic (exact) mass is 764 g/mol. The van der Waals surface area contributed by atoms with Crippen molar-refractivity contribution in [3.05, 3.63) is 241 Å². The largest absolute Gasteiger partial charge is 0.398 e. The lowest BCUT2D eigenvalue weighted by atomic mass is 9.92. The number of hydrogen-bond donors (Lipinski definition) is 3. The first kappa shape index (κ1) is 38.3. The van der Waals surface area contributed by atoms with E-state index in [4.69, 9.17) is 5.73 Å². The number of nitrogen functional groups attached to an aromatic ring is 1. The van der Waals surface area contributed by atoms with Gasteiger partial charge >= 0.3 is 0 Å². The number of para-hydroxylation sites is 3. The van der Waals surface area contributed by atoms with Gasteiger partial charge in [0.1, 0.15) is 0 Å². The third-order valence-corrected chi connectivity index (χ3v) is 10.6. The Morgan fingerprint density at radius 3 is 2.08 bits per heavy atom. The van der Waals surface area contributed by atoms with Gasteiger partial charge in [0.15, 0.2) is 0 Å². The first-order valence-electron chi connectivity index (χ1n) is 20.1. The molecule has 0 unspecified atom stereocenters. The van der Waals surface area contributed by atoms with E-state index in [-0.39, 0.29) is 0 Å². The van der Waals surface area contributed by atoms with Gasteiger partial charge in [-0.05, 0) is 102 Å². The van der Waals surface area contributed by atoms with Crippen LogP contribution in [0.25, 0.3) is 56.3 Å². The smallest absolute Gasteiger partial charge is 0.0541 e. The summed E-state index contributed by atoms with van der Waals surface area (Å²) >= 11 is 0. The molecule has 0 bridgehead atoms. The zero-order valence-electron chi connectivity index (χ0n) is 33.4. The SMILES string of the molecule is C=C/C=C/Nc1ccc(-n2c3ccccc3c3ccccc32)cc1.CC1=C\NC2=C(C=CCC2)c2ccccc2/C=C/C(/C=C\c2ccccc2-c2ccccc2N)=C\1. The van der Waals surface area contributed by atoms with Crippen molar-refractivity contribution < 1.29 is 0 Å². The molecule has 288 valence electrons. The van der Waals surface area contributed by atoms with Crippen LogP contribution in [-0.4, -0.2) is 4.57 Å². The van der Waals surface area contributed by atoms with Crippen LogP contribution in [0.1, 0.15) is 36.5 Å². The molecule has 9 rings (SSSR count). The second kappa shape index (κ2) is 18.1. The molecule has 6 aromatic carbocycles. The number of nitrogens with two attached hydrogens (primary N) is 1. The second-order valence-electron chi connectivity index (χ2n) is 14.6. The highest BCUT2D eigenvalue weighted by Gasteiger charge is 2.14. The molecule has 4 heteroatoms. The van der Waals surface area contributed by atoms with Crippen molar-refractivity contribution in [1.29, 1.82) is 0 Å². The molecule has 2 heterocycles. The van der Waals surface area contributed by atoms with E-state index in [1.807, 2.05) is 30.5 Å². The van der Waals surface area contributed by atoms with Crippen molar-refractivity contribution in [2.45, 2.75) is 19.8 Å². The Bertz CT molecular complexity index is 2800. The summed E-state index contributed by atoms with van der Waals surface area (Å²) in [5.74, 6) is 0. The molecule has 1 aliphatic carbocycles. The van der Waals surface area contributed by atoms with Gasteiger partial charge < -0.3 is 20.9 Å². The summed E-state index contributed by atoms with van der Waals surface area (Å²) in [4.78, 5) is 0. The van der Waals surface area contributed by atoms with Crippen molar-refractivity contribution in [3.8, 4) is 16.8 Å². The molecule has 59 heavy (non-hydrogen) atoms. The third-order valence-electron chi connectivity index (χ3n) is 10.6. The van der Waals surface area contributed by atoms with Crippen molar-refractivity contribution in [2.24, 2.45) is 0 Å². The van der Waals surface area contributed by atoms with Crippen LogP contribution in [0.5, 0.6) is 0 Å². The summed E-state index contributed by atoms with van der Waals surface area (Å²) in [5.41, 5.74) is 22.4. The van der Waals surface area contributed by atoms with Crippen LogP contribution in [0.15, 0.2) is 224 Å². The fourth-order valence-corrected chi connectivity index (χ4v) is 7.73. The summed E-state index contributed by atoms with van der Waals surface area (Å²) in [6, 6.07) is 50.6. The molecule has 0 spiro atoms. The number of allylic oxidation sites excluding steroid dienone is 11. The molecule has 1 aliphatic heterocycles. The summed E-state index contributed by atoms with van der Waals surface area (Å²) in [6.45, 7) is 5.80. The van der Waals surface area contributed by atoms with Crippen molar-refractivity contribution in [1.82, 2.24) is 9.88 Å². The topological polar surface area (TPSA) is 55.0 Å². The van der Waals surface area contributed by atoms with Crippen LogP contribution in [-0.2, 0) is 0 Å². The standard InChI is InChI=1S/C33H30N2.C22H18N2/c1-24-22-25(18-20-26-10-2-4-12-28(26)30-14-6-8-16-32(30)34)19-21-27-11-3-5-13-29(27)31-15-7-9-17-33(31)35-23-24;1-2-3-16-23-17-12-14-18(15-13-17)24-21-10-6-4-8-19(21)20-9-5-7-11-22(20)24/h2-8,10-16,18-23,35H,9,17,34H2,1H3;2-16,23H,1H2/b20-18-,21-19+,24-23+,25-22-;16-3+. The highest BCUT2D eigenvalue weighted by molar-refractivity contribution is 6.09. The Morgan fingerprint density at radius 1 is 0.678 bits per heavy atom. The van der Waals surface area contributed by atoms with Gasteiger partial charge in [0.05, 0.1) is 11.0 Å². The number of rotatable bonds is 7. The number of hydrogen-bond acceptors (Lipinski definition) is 3. The summed E-state index contributed by atoms with van der Waals surface area (Å²) < 4.78 is 2.31. The first-order chi connectivity index (χ1) is 29.1. The lowest BCUT2D eigenvalue weighted by Gasteiger charge is -2.18. The Morgan fingerprint density at radius 2 is 1.34 bits per heavy atom. The zero-order valence-corrected chi connectivity index (χ0v) is 33.4. The van der Waals surface area contributed by atoms with Crippen LogP contribution in [0, 0.1) is 0 Å². The molecule has 0 fully saturated rings. The molecule has 4 nitrogen and oxygen atoms in total. The Kier molecular flexibility index (Phi) is 11.8. The molecule has 0 radical (unpaired) electrons. The number of benzene rings is 6. The first-order valence-corrected chi connectivity index (χ1v) is 20.1. The van der Waals surface area contributed by atoms with Crippen LogP contribution in [0.2, 0.25) is 0 Å². The maximum atomic E-state index is 6.29. The van der Waals surface area contributed by atoms with Gasteiger partial charge in [-0.1, -0.05) is 158 Å². The van der Waals surface area contributed by atoms with Gasteiger partial charge in [0, 0.05) is 57.1 Å². The van der Waals surface area contributed by atoms with E-state index in [0.717, 1.165) is 52.2 Å². The minimum absolute atomic E-state index is 0.786. The zero-order chi connectivity index (χ0) is 40.4. The van der Waals surface area contributed by atoms with Gasteiger partial charge in [0.2, 0.25) is 0 Å². The van der Waals surface area contributed by atoms with Gasteiger partial charge in [-0.3, -0.25) is 0 Å². The Hall–Kier alpha value is -7.56. The van der Waals surface area contributed by atoms with E-state index in [0.29, 0.717) is 0 Å². The molecule has 0 amide bonds. The number of nitrogens with zero attached hydrogens (tertiary/aromatic N) is 1. The fraction of sp³-hybridized carbons (Fsp3) is 0.0545. The van der Waals surface area contributed by atoms with Crippen molar-refractivity contribution in [3.63, 3.8) is 0 Å². The maximum absolute atomic E-state index is 6.29. The lowest BCUT2D eigenvalue weighted by molar-refractivity contribution is 0.873. The lowest BCUT2D eigenvalue weighted by Crippen LogP contribution is -2.10. The molecule has 2 aliphatic rings. The van der Waals surface area contributed by atoms with Crippen molar-refractivity contribution in [2.75, 3.05) is 11.1 Å². The molecule has 1 aromatic heterocycles. The Balaban J connectivity index is 0.000000176. The average molecular weight is 765 g/mol. The summed E-state index contributed by atoms with van der Waals surface area (Å²) in [5, 5.41) is 9.39. The normalized spacial score (nSPS) is 16.2. The molecular weight excluding hydrogens is 717 g/mol. The summed E-state index contributed by atoms with van der Waals surface area (Å²) in [7, 11) is 0. The van der Waals surface area contributed by atoms with Crippen LogP contribution in [0.4, 0.5) is 11.4 Å². The molecule has 0 atom stereocenters. The predicted molar refractivity (Wildman–Crippen MR) is 255 cm³/mol. The number of anilines is 2. The van der Waals surface area contributed by atoms with E-state index >= 15 is 0 Å². The number of nitrogens with one attached hydrogen (secondary N) is 2. The molecule has 0 saturated heterocycles. The van der Waals surface area contributed by atoms with Crippen LogP contribution < -0.4 is 16.4 Å². The van der Waals surface area contributed by atoms with Crippen LogP contribution >= 0.6 is 0 Å². The molecule has 4 N–H and O–H groups in total. The van der Waals surface area contributed by atoms with Gasteiger partial charge in [0.25, 0.3) is 0 Å². The molecule has 7 aromatic rings. The van der Waals surface area contributed by atoms with E-state index in [2.05, 4.69) is 205 Å². The highest BCUT2D eigenvalue weighted by atomic mass is 15.0. The minimum atomic E-state index is 0.786. The van der Waals surface area contributed by atoms with Crippen molar-refractivity contribution >= 4 is 50.9 Å². The van der Waals surface area contributed by atoms with Gasteiger partial charge in [-0.25, -0.2) is 0 Å². The Labute approximate surface area is 347 Å². The quantitative estimate of drug-likeness (QED) is 0.112. The maximum Gasteiger partial charge on any atom is 0.0541 e. The molecular formula is C55H48N4. The third kappa shape index (κ3) is 8.73. The predicted octanol–water partition coefficient (Wildman–Crippen LogP) is 14.1. The summed E-state index contributed by atoms with van der Waals surface area (Å²) in [6.07, 6.45) is 25.2. The second-order valence-corrected chi connectivity index (χ2v) is 14.6. The van der Waals surface area contributed by atoms with E-state index in [1.54, 1.807) is 6.08 Å². The number of aromatic nitrogens is 1. The van der Waals surface area contributed by atoms with E-state index in [9.17, 15) is 0 Å². The van der Waals surface area contributed by atoms with Gasteiger partial charge in [-0.2, -0.15) is 0 Å². The van der Waals surface area contributed by atoms with Gasteiger partial charge in [-0.15, -0.1) is 0 Å². The number of fused-ring (bicyclic) bond motifs is 5. The van der Waals surface area contributed by atoms with E-state index in [1.165, 1.54) is 49.8 Å². The minimum Gasteiger partial charge on any atom is -0.398 e. The van der Waals surface area contributed by atoms with Crippen LogP contribution in [0.3, 0.4) is 0 Å².